The third kappa shape index (κ3) is 3.00. The molecule has 1 aliphatic carbocycles. The zero-order valence-electron chi connectivity index (χ0n) is 12.0. The summed E-state index contributed by atoms with van der Waals surface area (Å²) in [5, 5.41) is 12.2. The maximum absolute atomic E-state index is 12.9. The van der Waals surface area contributed by atoms with Crippen LogP contribution in [-0.4, -0.2) is 21.1 Å². The Morgan fingerprint density at radius 3 is 2.83 bits per heavy atom. The number of nitrogens with one attached hydrogen (secondary N) is 2. The molecule has 5 nitrogen and oxygen atoms in total. The summed E-state index contributed by atoms with van der Waals surface area (Å²) in [4.78, 5) is 16.7. The van der Waals surface area contributed by atoms with Crippen molar-refractivity contribution < 1.29 is 9.18 Å². The van der Waals surface area contributed by atoms with Gasteiger partial charge in [-0.05, 0) is 43.2 Å². The number of rotatable bonds is 4. The number of carbonyl (C=O) groups excluding carboxylic acids is 1. The van der Waals surface area contributed by atoms with E-state index in [0.717, 1.165) is 11.3 Å². The summed E-state index contributed by atoms with van der Waals surface area (Å²) in [5.74, 6) is -0.0332. The molecule has 0 saturated heterocycles. The fraction of sp³-hybridized carbons (Fsp3) is 0.188. The fourth-order valence-electron chi connectivity index (χ4n) is 2.28. The average Bonchev–Trinajstić information content (AvgIpc) is 3.10. The summed E-state index contributed by atoms with van der Waals surface area (Å²) >= 11 is 1.43. The number of thiazole rings is 1. The van der Waals surface area contributed by atoms with Crippen molar-refractivity contribution in [2.24, 2.45) is 0 Å². The number of amides is 1. The van der Waals surface area contributed by atoms with Crippen LogP contribution in [0, 0.1) is 5.82 Å². The summed E-state index contributed by atoms with van der Waals surface area (Å²) in [6.45, 7) is 0. The Balaban J connectivity index is 1.48. The number of nitrogens with zero attached hydrogens (tertiary/aromatic N) is 2. The van der Waals surface area contributed by atoms with Crippen molar-refractivity contribution in [1.82, 2.24) is 15.2 Å². The van der Waals surface area contributed by atoms with Gasteiger partial charge in [-0.3, -0.25) is 15.2 Å². The molecular weight excluding hydrogens is 315 g/mol. The number of anilines is 1. The van der Waals surface area contributed by atoms with Gasteiger partial charge in [-0.1, -0.05) is 0 Å². The van der Waals surface area contributed by atoms with Crippen molar-refractivity contribution in [1.29, 1.82) is 0 Å². The Morgan fingerprint density at radius 1 is 1.30 bits per heavy atom. The zero-order valence-corrected chi connectivity index (χ0v) is 12.9. The molecule has 1 saturated carbocycles. The number of aromatic amines is 1. The van der Waals surface area contributed by atoms with Crippen LogP contribution in [0.2, 0.25) is 0 Å². The summed E-state index contributed by atoms with van der Waals surface area (Å²) in [7, 11) is 0. The molecule has 4 rings (SSSR count). The summed E-state index contributed by atoms with van der Waals surface area (Å²) in [6.07, 6.45) is 2.36. The minimum Gasteiger partial charge on any atom is -0.297 e. The number of aromatic nitrogens is 3. The van der Waals surface area contributed by atoms with Gasteiger partial charge in [-0.2, -0.15) is 5.10 Å². The van der Waals surface area contributed by atoms with E-state index in [0.29, 0.717) is 22.4 Å². The lowest BCUT2D eigenvalue weighted by Gasteiger charge is -1.97. The number of benzene rings is 1. The van der Waals surface area contributed by atoms with Crippen molar-refractivity contribution >= 4 is 22.4 Å². The van der Waals surface area contributed by atoms with Gasteiger partial charge in [0, 0.05) is 16.9 Å². The molecule has 1 fully saturated rings. The maximum atomic E-state index is 12.9. The molecule has 7 heteroatoms. The first-order valence-electron chi connectivity index (χ1n) is 7.27. The number of hydrogen-bond donors (Lipinski definition) is 2. The lowest BCUT2D eigenvalue weighted by Crippen LogP contribution is -2.12. The predicted molar refractivity (Wildman–Crippen MR) is 86.0 cm³/mol. The summed E-state index contributed by atoms with van der Waals surface area (Å²) in [6, 6.07) is 7.60. The summed E-state index contributed by atoms with van der Waals surface area (Å²) < 4.78 is 12.9. The lowest BCUT2D eigenvalue weighted by molar-refractivity contribution is 0.102. The standard InChI is InChI=1S/C16H13FN4OS/c17-11-5-3-9(4-6-11)12-7-13(21-20-12)15(22)19-16-18-14(8-23-16)10-1-2-10/h3-8,10H,1-2H2,(H,20,21)(H,18,19,22). The molecule has 1 amide bonds. The van der Waals surface area contributed by atoms with Crippen molar-refractivity contribution in [2.75, 3.05) is 5.32 Å². The van der Waals surface area contributed by atoms with Gasteiger partial charge in [-0.25, -0.2) is 9.37 Å². The second-order valence-electron chi connectivity index (χ2n) is 5.48. The van der Waals surface area contributed by atoms with Gasteiger partial charge < -0.3 is 0 Å². The minimum atomic E-state index is -0.308. The third-order valence-corrected chi connectivity index (χ3v) is 4.48. The molecule has 23 heavy (non-hydrogen) atoms. The molecule has 0 radical (unpaired) electrons. The van der Waals surface area contributed by atoms with Crippen LogP contribution >= 0.6 is 11.3 Å². The van der Waals surface area contributed by atoms with Crippen LogP contribution in [-0.2, 0) is 0 Å². The fourth-order valence-corrected chi connectivity index (χ4v) is 3.07. The molecule has 3 aromatic rings. The van der Waals surface area contributed by atoms with Gasteiger partial charge in [0.1, 0.15) is 11.5 Å². The first kappa shape index (κ1) is 14.1. The van der Waals surface area contributed by atoms with Gasteiger partial charge in [-0.15, -0.1) is 11.3 Å². The molecule has 1 aliphatic rings. The molecule has 0 atom stereocenters. The minimum absolute atomic E-state index is 0.289. The van der Waals surface area contributed by atoms with E-state index < -0.39 is 0 Å². The number of halogens is 1. The second kappa shape index (κ2) is 5.58. The molecule has 0 unspecified atom stereocenters. The monoisotopic (exact) mass is 328 g/mol. The van der Waals surface area contributed by atoms with E-state index in [-0.39, 0.29) is 11.7 Å². The highest BCUT2D eigenvalue weighted by molar-refractivity contribution is 7.14. The molecule has 2 heterocycles. The van der Waals surface area contributed by atoms with Crippen molar-refractivity contribution in [3.05, 3.63) is 52.9 Å². The Labute approximate surface area is 135 Å². The van der Waals surface area contributed by atoms with E-state index in [1.165, 1.54) is 36.3 Å². The van der Waals surface area contributed by atoms with Crippen molar-refractivity contribution in [2.45, 2.75) is 18.8 Å². The van der Waals surface area contributed by atoms with E-state index in [2.05, 4.69) is 20.5 Å². The topological polar surface area (TPSA) is 70.7 Å². The molecule has 1 aromatic carbocycles. The molecule has 0 bridgehead atoms. The SMILES string of the molecule is O=C(Nc1nc(C2CC2)cs1)c1cc(-c2ccc(F)cc2)n[nH]1. The highest BCUT2D eigenvalue weighted by Gasteiger charge is 2.26. The van der Waals surface area contributed by atoms with E-state index in [1.807, 2.05) is 5.38 Å². The van der Waals surface area contributed by atoms with Crippen LogP contribution in [0.1, 0.15) is 34.9 Å². The van der Waals surface area contributed by atoms with Crippen molar-refractivity contribution in [3.63, 3.8) is 0 Å². The molecule has 0 spiro atoms. The average molecular weight is 328 g/mol. The van der Waals surface area contributed by atoms with Gasteiger partial charge in [0.15, 0.2) is 5.13 Å². The number of carbonyl (C=O) groups is 1. The van der Waals surface area contributed by atoms with Crippen LogP contribution < -0.4 is 5.32 Å². The van der Waals surface area contributed by atoms with Crippen LogP contribution in [0.25, 0.3) is 11.3 Å². The quantitative estimate of drug-likeness (QED) is 0.765. The predicted octanol–water partition coefficient (Wildman–Crippen LogP) is 3.80. The maximum Gasteiger partial charge on any atom is 0.275 e. The van der Waals surface area contributed by atoms with Crippen LogP contribution in [0.4, 0.5) is 9.52 Å². The van der Waals surface area contributed by atoms with Crippen LogP contribution in [0.15, 0.2) is 35.7 Å². The van der Waals surface area contributed by atoms with Crippen LogP contribution in [0.3, 0.4) is 0 Å². The lowest BCUT2D eigenvalue weighted by atomic mass is 10.1. The highest BCUT2D eigenvalue weighted by atomic mass is 32.1. The van der Waals surface area contributed by atoms with E-state index >= 15 is 0 Å². The highest BCUT2D eigenvalue weighted by Crippen LogP contribution is 2.40. The molecule has 2 aromatic heterocycles. The van der Waals surface area contributed by atoms with Crippen LogP contribution in [0.5, 0.6) is 0 Å². The zero-order chi connectivity index (χ0) is 15.8. The Hall–Kier alpha value is -2.54. The molecular formula is C16H13FN4OS. The van der Waals surface area contributed by atoms with E-state index in [9.17, 15) is 9.18 Å². The largest absolute Gasteiger partial charge is 0.297 e. The summed E-state index contributed by atoms with van der Waals surface area (Å²) in [5.41, 5.74) is 2.73. The van der Waals surface area contributed by atoms with Gasteiger partial charge >= 0.3 is 0 Å². The normalized spacial score (nSPS) is 14.0. The van der Waals surface area contributed by atoms with Crippen molar-refractivity contribution in [3.8, 4) is 11.3 Å². The Bertz CT molecular complexity index is 851. The molecule has 2 N–H and O–H groups in total. The van der Waals surface area contributed by atoms with Gasteiger partial charge in [0.25, 0.3) is 5.91 Å². The number of H-pyrrole nitrogens is 1. The van der Waals surface area contributed by atoms with E-state index in [1.54, 1.807) is 18.2 Å². The van der Waals surface area contributed by atoms with E-state index in [4.69, 9.17) is 0 Å². The van der Waals surface area contributed by atoms with Gasteiger partial charge in [0.05, 0.1) is 11.4 Å². The molecule has 116 valence electrons. The van der Waals surface area contributed by atoms with Gasteiger partial charge in [0.2, 0.25) is 0 Å². The second-order valence-corrected chi connectivity index (χ2v) is 6.34. The third-order valence-electron chi connectivity index (χ3n) is 3.70. The number of hydrogen-bond acceptors (Lipinski definition) is 4. The molecule has 0 aliphatic heterocycles. The Kier molecular flexibility index (Phi) is 3.42. The smallest absolute Gasteiger partial charge is 0.275 e. The first-order valence-corrected chi connectivity index (χ1v) is 8.15. The Morgan fingerprint density at radius 2 is 2.09 bits per heavy atom. The first-order chi connectivity index (χ1) is 11.2.